The molecule has 0 aromatic heterocycles. The van der Waals surface area contributed by atoms with Gasteiger partial charge in [-0.25, -0.2) is 9.98 Å². The number of rotatable bonds is 4. The van der Waals surface area contributed by atoms with Gasteiger partial charge in [0.25, 0.3) is 5.24 Å². The van der Waals surface area contributed by atoms with Gasteiger partial charge < -0.3 is 9.47 Å². The Balaban J connectivity index is 3.38. The van der Waals surface area contributed by atoms with Crippen molar-refractivity contribution >= 4 is 28.6 Å². The maximum absolute atomic E-state index is 11.8. The van der Waals surface area contributed by atoms with Gasteiger partial charge in [-0.05, 0) is 17.5 Å². The fourth-order valence-corrected chi connectivity index (χ4v) is 2.16. The van der Waals surface area contributed by atoms with Crippen LogP contribution in [0.4, 0.5) is 0 Å². The average molecular weight is 287 g/mol. The second-order valence-electron chi connectivity index (χ2n) is 4.61. The van der Waals surface area contributed by atoms with Crippen LogP contribution in [0.2, 0.25) is 0 Å². The van der Waals surface area contributed by atoms with Crippen LogP contribution in [0.25, 0.3) is 0 Å². The fraction of sp³-hybridized carbons (Fsp3) is 0.615. The molecule has 0 unspecified atom stereocenters. The van der Waals surface area contributed by atoms with Gasteiger partial charge in [-0.2, -0.15) is 0 Å². The van der Waals surface area contributed by atoms with E-state index in [1.807, 2.05) is 13.8 Å². The van der Waals surface area contributed by atoms with Crippen LogP contribution in [0.15, 0.2) is 22.6 Å². The van der Waals surface area contributed by atoms with E-state index in [1.54, 1.807) is 6.08 Å². The van der Waals surface area contributed by atoms with Crippen molar-refractivity contribution in [1.29, 1.82) is 0 Å². The van der Waals surface area contributed by atoms with E-state index in [4.69, 9.17) is 21.1 Å². The number of aliphatic imine (C=N–C) groups is 2. The predicted octanol–water partition coefficient (Wildman–Crippen LogP) is 2.19. The summed E-state index contributed by atoms with van der Waals surface area (Å²) >= 11 is 5.71. The van der Waals surface area contributed by atoms with Crippen LogP contribution < -0.4 is 0 Å². The highest BCUT2D eigenvalue weighted by Crippen LogP contribution is 2.30. The van der Waals surface area contributed by atoms with E-state index in [1.165, 1.54) is 14.2 Å². The Morgan fingerprint density at radius 1 is 1.53 bits per heavy atom. The molecule has 0 aromatic carbocycles. The van der Waals surface area contributed by atoms with Crippen LogP contribution in [0.5, 0.6) is 0 Å². The van der Waals surface area contributed by atoms with Crippen LogP contribution >= 0.6 is 11.6 Å². The highest BCUT2D eigenvalue weighted by molar-refractivity contribution is 6.68. The summed E-state index contributed by atoms with van der Waals surface area (Å²) in [5.41, 5.74) is -1.37. The van der Waals surface area contributed by atoms with Crippen molar-refractivity contribution in [2.24, 2.45) is 15.9 Å². The summed E-state index contributed by atoms with van der Waals surface area (Å²) in [7, 11) is 2.94. The van der Waals surface area contributed by atoms with Crippen LogP contribution in [-0.4, -0.2) is 42.8 Å². The lowest BCUT2D eigenvalue weighted by molar-refractivity contribution is -0.114. The predicted molar refractivity (Wildman–Crippen MR) is 75.9 cm³/mol. The number of carbonyl (C=O) groups is 1. The summed E-state index contributed by atoms with van der Waals surface area (Å²) in [4.78, 5) is 20.6. The van der Waals surface area contributed by atoms with E-state index in [0.717, 1.165) is 0 Å². The zero-order chi connectivity index (χ0) is 14.6. The molecule has 0 fully saturated rings. The summed E-state index contributed by atoms with van der Waals surface area (Å²) in [6.07, 6.45) is 1.76. The van der Waals surface area contributed by atoms with E-state index in [9.17, 15) is 4.79 Å². The highest BCUT2D eigenvalue weighted by Gasteiger charge is 2.48. The van der Waals surface area contributed by atoms with E-state index in [-0.39, 0.29) is 24.3 Å². The van der Waals surface area contributed by atoms with E-state index in [0.29, 0.717) is 5.90 Å². The number of ether oxygens (including phenoxy) is 2. The van der Waals surface area contributed by atoms with Crippen molar-refractivity contribution in [2.75, 3.05) is 14.2 Å². The highest BCUT2D eigenvalue weighted by atomic mass is 35.5. The van der Waals surface area contributed by atoms with Gasteiger partial charge in [0.15, 0.2) is 0 Å². The molecule has 0 amide bonds. The Labute approximate surface area is 118 Å². The number of nitrogens with zero attached hydrogens (tertiary/aromatic N) is 2. The molecule has 0 spiro atoms. The fourth-order valence-electron chi connectivity index (χ4n) is 1.96. The second kappa shape index (κ2) is 6.19. The largest absolute Gasteiger partial charge is 0.483 e. The monoisotopic (exact) mass is 286 g/mol. The molecule has 106 valence electrons. The maximum Gasteiger partial charge on any atom is 0.259 e. The number of carbonyl (C=O) groups excluding carboxylic acids is 1. The summed E-state index contributed by atoms with van der Waals surface area (Å²) in [6.45, 7) is 7.59. The molecule has 0 bridgehead atoms. The third-order valence-electron chi connectivity index (χ3n) is 2.96. The summed E-state index contributed by atoms with van der Waals surface area (Å²) < 4.78 is 10.5. The van der Waals surface area contributed by atoms with Gasteiger partial charge in [-0.1, -0.05) is 19.9 Å². The first kappa shape index (κ1) is 15.7. The first-order valence-electron chi connectivity index (χ1n) is 5.99. The van der Waals surface area contributed by atoms with Crippen molar-refractivity contribution in [3.8, 4) is 0 Å². The van der Waals surface area contributed by atoms with Gasteiger partial charge in [0, 0.05) is 6.42 Å². The summed E-state index contributed by atoms with van der Waals surface area (Å²) in [5.74, 6) is 0.745. The number of hydrogen-bond donors (Lipinski definition) is 0. The standard InChI is InChI=1S/C13H19ClN2O3/c1-6-7-13(11(14)17)12(19-5)15-9(8(2)3)10(16-13)18-4/h6,8-9H,1,7H2,2-5H3/t9-,13+/m1/s1. The first-order valence-corrected chi connectivity index (χ1v) is 6.37. The molecule has 0 radical (unpaired) electrons. The van der Waals surface area contributed by atoms with Gasteiger partial charge in [0.05, 0.1) is 14.2 Å². The van der Waals surface area contributed by atoms with Crippen LogP contribution in [0, 0.1) is 5.92 Å². The molecule has 1 heterocycles. The molecule has 1 rings (SSSR count). The van der Waals surface area contributed by atoms with Gasteiger partial charge in [0.1, 0.15) is 6.04 Å². The minimum absolute atomic E-state index is 0.163. The smallest absolute Gasteiger partial charge is 0.259 e. The summed E-state index contributed by atoms with van der Waals surface area (Å²) in [5, 5.41) is -0.662. The molecule has 0 N–H and O–H groups in total. The van der Waals surface area contributed by atoms with Gasteiger partial charge in [-0.3, -0.25) is 4.79 Å². The Morgan fingerprint density at radius 2 is 2.16 bits per heavy atom. The number of hydrogen-bond acceptors (Lipinski definition) is 5. The van der Waals surface area contributed by atoms with Gasteiger partial charge in [-0.15, -0.1) is 6.58 Å². The lowest BCUT2D eigenvalue weighted by atomic mass is 9.93. The lowest BCUT2D eigenvalue weighted by Gasteiger charge is -2.33. The van der Waals surface area contributed by atoms with Crippen molar-refractivity contribution < 1.29 is 14.3 Å². The molecule has 2 atom stereocenters. The molecule has 0 saturated carbocycles. The molecule has 19 heavy (non-hydrogen) atoms. The molecule has 0 saturated heterocycles. The number of methoxy groups -OCH3 is 2. The Hall–Kier alpha value is -1.36. The molecule has 0 aromatic rings. The topological polar surface area (TPSA) is 60.2 Å². The molecular weight excluding hydrogens is 268 g/mol. The average Bonchev–Trinajstić information content (AvgIpc) is 2.37. The van der Waals surface area contributed by atoms with Crippen molar-refractivity contribution in [3.05, 3.63) is 12.7 Å². The third kappa shape index (κ3) is 2.81. The Morgan fingerprint density at radius 3 is 2.53 bits per heavy atom. The van der Waals surface area contributed by atoms with E-state index in [2.05, 4.69) is 16.6 Å². The second-order valence-corrected chi connectivity index (χ2v) is 4.95. The molecule has 0 aliphatic carbocycles. The lowest BCUT2D eigenvalue weighted by Crippen LogP contribution is -2.50. The third-order valence-corrected chi connectivity index (χ3v) is 3.28. The SMILES string of the molecule is C=CC[C@@]1(C(=O)Cl)N=C(OC)[C@@H](C(C)C)N=C1OC. The quantitative estimate of drug-likeness (QED) is 0.588. The van der Waals surface area contributed by atoms with Crippen LogP contribution in [-0.2, 0) is 14.3 Å². The normalized spacial score (nSPS) is 26.5. The molecule has 5 nitrogen and oxygen atoms in total. The molecule has 1 aliphatic heterocycles. The first-order chi connectivity index (χ1) is 8.92. The molecular formula is C13H19ClN2O3. The minimum atomic E-state index is -1.37. The minimum Gasteiger partial charge on any atom is -0.483 e. The summed E-state index contributed by atoms with van der Waals surface area (Å²) in [6, 6.07) is -0.283. The molecule has 1 aliphatic rings. The molecule has 6 heteroatoms. The zero-order valence-electron chi connectivity index (χ0n) is 11.6. The zero-order valence-corrected chi connectivity index (χ0v) is 12.4. The van der Waals surface area contributed by atoms with Gasteiger partial charge >= 0.3 is 0 Å². The maximum atomic E-state index is 11.8. The van der Waals surface area contributed by atoms with Crippen molar-refractivity contribution in [1.82, 2.24) is 0 Å². The van der Waals surface area contributed by atoms with Crippen LogP contribution in [0.1, 0.15) is 20.3 Å². The Bertz CT molecular complexity index is 432. The number of halogens is 1. The van der Waals surface area contributed by atoms with Gasteiger partial charge in [0.2, 0.25) is 17.3 Å². The van der Waals surface area contributed by atoms with Crippen molar-refractivity contribution in [2.45, 2.75) is 31.8 Å². The van der Waals surface area contributed by atoms with Crippen LogP contribution in [0.3, 0.4) is 0 Å². The van der Waals surface area contributed by atoms with E-state index < -0.39 is 10.8 Å². The van der Waals surface area contributed by atoms with Crippen molar-refractivity contribution in [3.63, 3.8) is 0 Å². The van der Waals surface area contributed by atoms with E-state index >= 15 is 0 Å². The Kier molecular flexibility index (Phi) is 5.11.